The van der Waals surface area contributed by atoms with Gasteiger partial charge in [0.05, 0.1) is 11.0 Å². The van der Waals surface area contributed by atoms with Gasteiger partial charge in [0.1, 0.15) is 17.7 Å². The molecule has 2 unspecified atom stereocenters. The summed E-state index contributed by atoms with van der Waals surface area (Å²) >= 11 is 0. The van der Waals surface area contributed by atoms with E-state index in [4.69, 9.17) is 4.74 Å². The Kier molecular flexibility index (Phi) is 5.77. The molecule has 4 rings (SSSR count). The molecule has 2 aliphatic rings. The van der Waals surface area contributed by atoms with Crippen molar-refractivity contribution in [2.24, 2.45) is 7.05 Å². The molecule has 0 radical (unpaired) electrons. The predicted octanol–water partition coefficient (Wildman–Crippen LogP) is 3.03. The number of carbonyl (C=O) groups is 3. The van der Waals surface area contributed by atoms with Gasteiger partial charge in [0.15, 0.2) is 0 Å². The van der Waals surface area contributed by atoms with Gasteiger partial charge in [-0.15, -0.1) is 0 Å². The summed E-state index contributed by atoms with van der Waals surface area (Å²) in [5.41, 5.74) is -0.858. The van der Waals surface area contributed by atoms with Crippen LogP contribution < -0.4 is 11.0 Å². The molecule has 0 saturated carbocycles. The number of nitrogens with one attached hydrogen (secondary N) is 1. The smallest absolute Gasteiger partial charge is 0.411 e. The van der Waals surface area contributed by atoms with Crippen LogP contribution in [0.5, 0.6) is 0 Å². The average Bonchev–Trinajstić information content (AvgIpc) is 2.97. The van der Waals surface area contributed by atoms with Gasteiger partial charge in [-0.3, -0.25) is 28.9 Å². The van der Waals surface area contributed by atoms with E-state index in [1.54, 1.807) is 26.8 Å². The van der Waals surface area contributed by atoms with Crippen molar-refractivity contribution in [3.63, 3.8) is 0 Å². The van der Waals surface area contributed by atoms with Crippen molar-refractivity contribution in [1.29, 1.82) is 0 Å². The van der Waals surface area contributed by atoms with Gasteiger partial charge >= 0.3 is 11.8 Å². The number of hydrogen-bond donors (Lipinski definition) is 1. The van der Waals surface area contributed by atoms with E-state index in [0.29, 0.717) is 0 Å². The van der Waals surface area contributed by atoms with E-state index in [9.17, 15) is 19.2 Å². The first-order chi connectivity index (χ1) is 15.8. The molecule has 11 heteroatoms. The molecule has 1 N–H and O–H groups in total. The molecule has 3 heterocycles. The maximum Gasteiger partial charge on any atom is 0.411 e. The molecular formula is C23H28F2N4O5. The van der Waals surface area contributed by atoms with E-state index in [0.717, 1.165) is 4.90 Å². The molecule has 2 aliphatic heterocycles. The normalized spacial score (nSPS) is 23.2. The summed E-state index contributed by atoms with van der Waals surface area (Å²) in [4.78, 5) is 51.2. The van der Waals surface area contributed by atoms with Crippen molar-refractivity contribution < 1.29 is 27.9 Å². The first-order valence-electron chi connectivity index (χ1n) is 11.2. The number of piperidine rings is 2. The van der Waals surface area contributed by atoms with Crippen molar-refractivity contribution in [2.45, 2.75) is 70.1 Å². The molecule has 1 aromatic carbocycles. The van der Waals surface area contributed by atoms with Crippen molar-refractivity contribution in [3.8, 4) is 0 Å². The topological polar surface area (TPSA) is 103 Å². The highest BCUT2D eigenvalue weighted by atomic mass is 19.3. The van der Waals surface area contributed by atoms with Crippen molar-refractivity contribution in [3.05, 3.63) is 34.2 Å². The van der Waals surface area contributed by atoms with E-state index in [-0.39, 0.29) is 42.4 Å². The number of carbonyl (C=O) groups excluding carboxylic acids is 3. The number of rotatable bonds is 2. The van der Waals surface area contributed by atoms with E-state index in [1.807, 2.05) is 0 Å². The first kappa shape index (κ1) is 23.9. The van der Waals surface area contributed by atoms with E-state index < -0.39 is 53.6 Å². The lowest BCUT2D eigenvalue weighted by Crippen LogP contribution is -2.50. The second-order valence-electron chi connectivity index (χ2n) is 9.83. The number of nitrogens with zero attached hydrogens (tertiary/aromatic N) is 3. The lowest BCUT2D eigenvalue weighted by Gasteiger charge is -2.41. The minimum absolute atomic E-state index is 0.0616. The third kappa shape index (κ3) is 4.07. The van der Waals surface area contributed by atoms with Gasteiger partial charge in [0, 0.05) is 32.0 Å². The number of hydrogen-bond acceptors (Lipinski definition) is 5. The van der Waals surface area contributed by atoms with Gasteiger partial charge < -0.3 is 4.74 Å². The lowest BCUT2D eigenvalue weighted by molar-refractivity contribution is -0.135. The van der Waals surface area contributed by atoms with Gasteiger partial charge in [-0.05, 0) is 39.7 Å². The highest BCUT2D eigenvalue weighted by molar-refractivity contribution is 6.00. The Balaban J connectivity index is 1.88. The Morgan fingerprint density at radius 3 is 2.56 bits per heavy atom. The van der Waals surface area contributed by atoms with Crippen LogP contribution >= 0.6 is 0 Å². The fourth-order valence-corrected chi connectivity index (χ4v) is 4.81. The molecular weight excluding hydrogens is 450 g/mol. The third-order valence-corrected chi connectivity index (χ3v) is 6.20. The number of aromatic nitrogens is 2. The van der Waals surface area contributed by atoms with E-state index >= 15 is 8.78 Å². The monoisotopic (exact) mass is 478 g/mol. The fraction of sp³-hybridized carbons (Fsp3) is 0.565. The number of para-hydroxylation sites is 1. The Bertz CT molecular complexity index is 1230. The first-order valence-corrected chi connectivity index (χ1v) is 11.2. The van der Waals surface area contributed by atoms with Crippen LogP contribution in [0.1, 0.15) is 64.1 Å². The molecule has 34 heavy (non-hydrogen) atoms. The van der Waals surface area contributed by atoms with Crippen LogP contribution in [-0.2, 0) is 21.4 Å². The molecule has 2 aromatic rings. The minimum atomic E-state index is -3.27. The molecule has 2 saturated heterocycles. The zero-order chi connectivity index (χ0) is 25.0. The molecule has 3 amide bonds. The maximum atomic E-state index is 15.4. The summed E-state index contributed by atoms with van der Waals surface area (Å²) in [7, 11) is 1.44. The van der Waals surface area contributed by atoms with Crippen LogP contribution in [0.2, 0.25) is 0 Å². The Hall–Kier alpha value is -3.24. The molecule has 0 bridgehead atoms. The number of imidazole rings is 1. The summed E-state index contributed by atoms with van der Waals surface area (Å²) in [6.45, 7) is 5.05. The van der Waals surface area contributed by atoms with Crippen molar-refractivity contribution in [1.82, 2.24) is 19.4 Å². The summed E-state index contributed by atoms with van der Waals surface area (Å²) in [5, 5.41) is 2.23. The number of alkyl halides is 2. The number of benzene rings is 1. The molecule has 184 valence electrons. The van der Waals surface area contributed by atoms with Gasteiger partial charge in [0.25, 0.3) is 5.92 Å². The fourth-order valence-electron chi connectivity index (χ4n) is 4.81. The van der Waals surface area contributed by atoms with Crippen molar-refractivity contribution in [2.75, 3.05) is 6.54 Å². The highest BCUT2D eigenvalue weighted by Crippen LogP contribution is 2.45. The van der Waals surface area contributed by atoms with Crippen LogP contribution in [-0.4, -0.2) is 50.0 Å². The lowest BCUT2D eigenvalue weighted by atomic mass is 9.90. The predicted molar refractivity (Wildman–Crippen MR) is 118 cm³/mol. The maximum absolute atomic E-state index is 15.4. The van der Waals surface area contributed by atoms with E-state index in [1.165, 1.54) is 28.3 Å². The van der Waals surface area contributed by atoms with Crippen LogP contribution in [0.15, 0.2) is 23.0 Å². The second kappa shape index (κ2) is 8.21. The standard InChI is InChI=1S/C23H28F2N4O5/c1-22(2,3)34-21(33)28-12-6-11-23(24,25)18(28)13-7-5-8-14-17(13)27(4)20(32)29(14)15-9-10-16(30)26-19(15)31/h5,7-8,15,18H,6,9-12H2,1-4H3,(H,26,30,31). The van der Waals surface area contributed by atoms with Gasteiger partial charge in [-0.25, -0.2) is 18.4 Å². The number of halogens is 2. The molecule has 0 spiro atoms. The number of ether oxygens (including phenoxy) is 1. The van der Waals surface area contributed by atoms with Gasteiger partial charge in [-0.1, -0.05) is 12.1 Å². The number of likely N-dealkylation sites (tertiary alicyclic amines) is 1. The summed E-state index contributed by atoms with van der Waals surface area (Å²) < 4.78 is 38.6. The minimum Gasteiger partial charge on any atom is -0.444 e. The van der Waals surface area contributed by atoms with Crippen LogP contribution in [0.25, 0.3) is 11.0 Å². The van der Waals surface area contributed by atoms with Crippen LogP contribution in [0.3, 0.4) is 0 Å². The van der Waals surface area contributed by atoms with Gasteiger partial charge in [0.2, 0.25) is 11.8 Å². The SMILES string of the molecule is Cn1c(=O)n(C2CCC(=O)NC2=O)c2cccc(C3N(C(=O)OC(C)(C)C)CCCC3(F)F)c21. The Morgan fingerprint density at radius 1 is 1.21 bits per heavy atom. The van der Waals surface area contributed by atoms with E-state index in [2.05, 4.69) is 5.32 Å². The van der Waals surface area contributed by atoms with Crippen molar-refractivity contribution >= 4 is 28.9 Å². The van der Waals surface area contributed by atoms with Crippen LogP contribution in [0.4, 0.5) is 13.6 Å². The third-order valence-electron chi connectivity index (χ3n) is 6.20. The number of fused-ring (bicyclic) bond motifs is 1. The molecule has 2 fully saturated rings. The Morgan fingerprint density at radius 2 is 1.91 bits per heavy atom. The second-order valence-corrected chi connectivity index (χ2v) is 9.83. The zero-order valence-corrected chi connectivity index (χ0v) is 19.6. The van der Waals surface area contributed by atoms with Crippen LogP contribution in [0, 0.1) is 0 Å². The molecule has 0 aliphatic carbocycles. The summed E-state index contributed by atoms with van der Waals surface area (Å²) in [6, 6.07) is 1.97. The summed E-state index contributed by atoms with van der Waals surface area (Å²) in [5.74, 6) is -4.31. The number of imide groups is 1. The molecule has 9 nitrogen and oxygen atoms in total. The summed E-state index contributed by atoms with van der Waals surface area (Å²) in [6.07, 6.45) is -0.989. The quantitative estimate of drug-likeness (QED) is 0.669. The van der Waals surface area contributed by atoms with Gasteiger partial charge in [-0.2, -0.15) is 0 Å². The highest BCUT2D eigenvalue weighted by Gasteiger charge is 2.50. The molecule has 2 atom stereocenters. The Labute approximate surface area is 194 Å². The average molecular weight is 478 g/mol. The molecule has 1 aromatic heterocycles. The largest absolute Gasteiger partial charge is 0.444 e. The number of aryl methyl sites for hydroxylation is 1. The zero-order valence-electron chi connectivity index (χ0n) is 19.6. The number of amides is 3.